The minimum Gasteiger partial charge on any atom is -0.384 e. The lowest BCUT2D eigenvalue weighted by molar-refractivity contribution is 0.0891. The fourth-order valence-electron chi connectivity index (χ4n) is 3.89. The van der Waals surface area contributed by atoms with Crippen LogP contribution in [0.1, 0.15) is 42.6 Å². The summed E-state index contributed by atoms with van der Waals surface area (Å²) in [6, 6.07) is 9.39. The molecule has 1 atom stereocenters. The lowest BCUT2D eigenvalue weighted by atomic mass is 10.00. The van der Waals surface area contributed by atoms with E-state index in [1.807, 2.05) is 30.3 Å². The summed E-state index contributed by atoms with van der Waals surface area (Å²) in [4.78, 5) is 40.7. The first-order chi connectivity index (χ1) is 13.4. The number of hydrogen-bond acceptors (Lipinski definition) is 5. The molecule has 2 heterocycles. The zero-order valence-electron chi connectivity index (χ0n) is 16.6. The summed E-state index contributed by atoms with van der Waals surface area (Å²) in [5, 5.41) is 0. The summed E-state index contributed by atoms with van der Waals surface area (Å²) in [5.41, 5.74) is 5.92. The number of carbonyl (C=O) groups excluding carboxylic acids is 1. The van der Waals surface area contributed by atoms with E-state index < -0.39 is 11.2 Å². The Morgan fingerprint density at radius 2 is 1.89 bits per heavy atom. The summed E-state index contributed by atoms with van der Waals surface area (Å²) < 4.78 is 2.41. The van der Waals surface area contributed by atoms with Crippen molar-refractivity contribution in [2.45, 2.75) is 39.8 Å². The van der Waals surface area contributed by atoms with Gasteiger partial charge in [-0.15, -0.1) is 0 Å². The molecule has 2 N–H and O–H groups in total. The Labute approximate surface area is 164 Å². The van der Waals surface area contributed by atoms with Crippen LogP contribution in [0.4, 0.5) is 5.82 Å². The molecular formula is C21H28N4O3. The maximum Gasteiger partial charge on any atom is 0.332 e. The predicted molar refractivity (Wildman–Crippen MR) is 110 cm³/mol. The molecule has 1 fully saturated rings. The molecule has 7 nitrogen and oxygen atoms in total. The van der Waals surface area contributed by atoms with Gasteiger partial charge < -0.3 is 5.73 Å². The zero-order valence-corrected chi connectivity index (χ0v) is 16.6. The summed E-state index contributed by atoms with van der Waals surface area (Å²) >= 11 is 0. The van der Waals surface area contributed by atoms with Crippen LogP contribution in [0.25, 0.3) is 0 Å². The second kappa shape index (κ2) is 8.56. The van der Waals surface area contributed by atoms with Crippen molar-refractivity contribution in [2.24, 2.45) is 5.92 Å². The normalized spacial score (nSPS) is 17.6. The van der Waals surface area contributed by atoms with Gasteiger partial charge in [0.15, 0.2) is 5.78 Å². The third-order valence-corrected chi connectivity index (χ3v) is 5.35. The number of nitrogens with two attached hydrogens (primary N) is 1. The van der Waals surface area contributed by atoms with E-state index in [9.17, 15) is 14.4 Å². The van der Waals surface area contributed by atoms with E-state index in [0.29, 0.717) is 5.92 Å². The van der Waals surface area contributed by atoms with Gasteiger partial charge in [-0.2, -0.15) is 0 Å². The Morgan fingerprint density at radius 3 is 2.54 bits per heavy atom. The van der Waals surface area contributed by atoms with Crippen LogP contribution in [0.15, 0.2) is 39.9 Å². The average molecular weight is 384 g/mol. The molecule has 7 heteroatoms. The SMILES string of the molecule is CCn1c(=O)c(C(=O)CN2CCCC(C)C2)c(N)n(Cc2ccccc2)c1=O. The maximum absolute atomic E-state index is 13.0. The molecule has 3 rings (SSSR count). The molecule has 1 unspecified atom stereocenters. The van der Waals surface area contributed by atoms with Gasteiger partial charge in [0.1, 0.15) is 11.4 Å². The van der Waals surface area contributed by atoms with Crippen molar-refractivity contribution in [3.8, 4) is 0 Å². The van der Waals surface area contributed by atoms with Gasteiger partial charge in [0.05, 0.1) is 13.1 Å². The van der Waals surface area contributed by atoms with E-state index in [0.717, 1.165) is 36.1 Å². The van der Waals surface area contributed by atoms with E-state index in [-0.39, 0.29) is 36.8 Å². The van der Waals surface area contributed by atoms with Crippen molar-refractivity contribution >= 4 is 11.6 Å². The number of rotatable bonds is 6. The molecule has 0 aliphatic carbocycles. The Bertz CT molecular complexity index is 962. The molecule has 0 saturated carbocycles. The third-order valence-electron chi connectivity index (χ3n) is 5.35. The zero-order chi connectivity index (χ0) is 20.3. The van der Waals surface area contributed by atoms with Crippen LogP contribution < -0.4 is 17.0 Å². The summed E-state index contributed by atoms with van der Waals surface area (Å²) in [5.74, 6) is 0.164. The summed E-state index contributed by atoms with van der Waals surface area (Å²) in [7, 11) is 0. The Balaban J connectivity index is 2.00. The standard InChI is InChI=1S/C21H28N4O3/c1-3-24-20(27)18(17(26)14-23-11-7-8-15(2)12-23)19(22)25(21(24)28)13-16-9-5-4-6-10-16/h4-6,9-10,15H,3,7-8,11-14,22H2,1-2H3. The predicted octanol–water partition coefficient (Wildman–Crippen LogP) is 1.57. The third kappa shape index (κ3) is 4.09. The number of benzene rings is 1. The highest BCUT2D eigenvalue weighted by Gasteiger charge is 2.25. The van der Waals surface area contributed by atoms with Crippen LogP contribution in [0.5, 0.6) is 0 Å². The van der Waals surface area contributed by atoms with E-state index in [2.05, 4.69) is 11.8 Å². The Kier molecular flexibility index (Phi) is 6.14. The van der Waals surface area contributed by atoms with Crippen LogP contribution in [-0.2, 0) is 13.1 Å². The van der Waals surface area contributed by atoms with Gasteiger partial charge in [-0.05, 0) is 37.8 Å². The average Bonchev–Trinajstić information content (AvgIpc) is 2.66. The number of carbonyl (C=O) groups is 1. The first-order valence-electron chi connectivity index (χ1n) is 9.85. The highest BCUT2D eigenvalue weighted by Crippen LogP contribution is 2.16. The van der Waals surface area contributed by atoms with Crippen LogP contribution in [-0.4, -0.2) is 39.5 Å². The number of ketones is 1. The quantitative estimate of drug-likeness (QED) is 0.764. The lowest BCUT2D eigenvalue weighted by Gasteiger charge is -2.30. The molecular weight excluding hydrogens is 356 g/mol. The van der Waals surface area contributed by atoms with Gasteiger partial charge in [-0.1, -0.05) is 37.3 Å². The first kappa shape index (κ1) is 20.1. The molecule has 1 aliphatic heterocycles. The highest BCUT2D eigenvalue weighted by molar-refractivity contribution is 6.01. The van der Waals surface area contributed by atoms with Gasteiger partial charge in [-0.3, -0.25) is 23.6 Å². The molecule has 2 aromatic rings. The van der Waals surface area contributed by atoms with Gasteiger partial charge in [0, 0.05) is 13.1 Å². The number of anilines is 1. The van der Waals surface area contributed by atoms with E-state index in [1.54, 1.807) is 6.92 Å². The maximum atomic E-state index is 13.0. The fraction of sp³-hybridized carbons (Fsp3) is 0.476. The molecule has 1 aromatic heterocycles. The summed E-state index contributed by atoms with van der Waals surface area (Å²) in [6.45, 7) is 6.10. The second-order valence-electron chi connectivity index (χ2n) is 7.57. The molecule has 0 radical (unpaired) electrons. The van der Waals surface area contributed by atoms with Gasteiger partial charge in [0.2, 0.25) is 0 Å². The van der Waals surface area contributed by atoms with Crippen LogP contribution >= 0.6 is 0 Å². The molecule has 1 saturated heterocycles. The second-order valence-corrected chi connectivity index (χ2v) is 7.57. The van der Waals surface area contributed by atoms with Crippen molar-refractivity contribution in [1.29, 1.82) is 0 Å². The van der Waals surface area contributed by atoms with Crippen molar-refractivity contribution in [1.82, 2.24) is 14.0 Å². The number of piperidine rings is 1. The fourth-order valence-corrected chi connectivity index (χ4v) is 3.89. The van der Waals surface area contributed by atoms with Crippen molar-refractivity contribution in [2.75, 3.05) is 25.4 Å². The molecule has 150 valence electrons. The van der Waals surface area contributed by atoms with Crippen molar-refractivity contribution in [3.05, 3.63) is 62.3 Å². The lowest BCUT2D eigenvalue weighted by Crippen LogP contribution is -2.46. The minimum absolute atomic E-state index is 0.0430. The minimum atomic E-state index is -0.593. The van der Waals surface area contributed by atoms with Crippen molar-refractivity contribution in [3.63, 3.8) is 0 Å². The number of Topliss-reactive ketones (excluding diaryl/α,β-unsaturated/α-hetero) is 1. The van der Waals surface area contributed by atoms with E-state index >= 15 is 0 Å². The molecule has 0 amide bonds. The Morgan fingerprint density at radius 1 is 1.18 bits per heavy atom. The molecule has 0 bridgehead atoms. The number of nitrogen functional groups attached to an aromatic ring is 1. The highest BCUT2D eigenvalue weighted by atomic mass is 16.2. The number of hydrogen-bond donors (Lipinski definition) is 1. The van der Waals surface area contributed by atoms with Crippen molar-refractivity contribution < 1.29 is 4.79 Å². The number of aromatic nitrogens is 2. The molecule has 1 aliphatic rings. The van der Waals surface area contributed by atoms with Crippen LogP contribution in [0.2, 0.25) is 0 Å². The topological polar surface area (TPSA) is 90.3 Å². The first-order valence-corrected chi connectivity index (χ1v) is 9.85. The van der Waals surface area contributed by atoms with Crippen LogP contribution in [0.3, 0.4) is 0 Å². The number of likely N-dealkylation sites (tertiary alicyclic amines) is 1. The van der Waals surface area contributed by atoms with Gasteiger partial charge in [0.25, 0.3) is 5.56 Å². The largest absolute Gasteiger partial charge is 0.384 e. The van der Waals surface area contributed by atoms with E-state index in [4.69, 9.17) is 5.73 Å². The summed E-state index contributed by atoms with van der Waals surface area (Å²) in [6.07, 6.45) is 2.19. The smallest absolute Gasteiger partial charge is 0.332 e. The molecule has 28 heavy (non-hydrogen) atoms. The molecule has 0 spiro atoms. The number of nitrogens with zero attached hydrogens (tertiary/aromatic N) is 3. The van der Waals surface area contributed by atoms with Crippen LogP contribution in [0, 0.1) is 5.92 Å². The van der Waals surface area contributed by atoms with Gasteiger partial charge >= 0.3 is 5.69 Å². The monoisotopic (exact) mass is 384 g/mol. The molecule has 1 aromatic carbocycles. The van der Waals surface area contributed by atoms with E-state index in [1.165, 1.54) is 4.57 Å². The van der Waals surface area contributed by atoms with Gasteiger partial charge in [-0.25, -0.2) is 4.79 Å². The Hall–Kier alpha value is -2.67.